The van der Waals surface area contributed by atoms with E-state index in [9.17, 15) is 0 Å². The molecule has 1 aromatic heterocycles. The fourth-order valence-electron chi connectivity index (χ4n) is 0.352. The maximum absolute atomic E-state index is 5.29. The second-order valence-electron chi connectivity index (χ2n) is 1.37. The third-order valence-corrected chi connectivity index (χ3v) is 0.782. The number of nitrogens with zero attached hydrogens (tertiary/aromatic N) is 2. The van der Waals surface area contributed by atoms with Crippen LogP contribution in [-0.2, 0) is 0 Å². The molecule has 1 heterocycles. The van der Waals surface area contributed by atoms with Crippen LogP contribution in [0.15, 0.2) is 12.3 Å². The normalized spacial score (nSPS) is 7.20. The van der Waals surface area contributed by atoms with E-state index in [1.54, 1.807) is 6.07 Å². The van der Waals surface area contributed by atoms with Crippen molar-refractivity contribution < 1.29 is 0 Å². The molecule has 0 saturated heterocycles. The summed E-state index contributed by atoms with van der Waals surface area (Å²) in [5.74, 6) is 0.285. The second-order valence-corrected chi connectivity index (χ2v) is 1.37. The van der Waals surface area contributed by atoms with Gasteiger partial charge in [0.25, 0.3) is 0 Å². The molecule has 0 aromatic carbocycles. The Bertz CT molecular complexity index is 171. The first kappa shape index (κ1) is 12.0. The molecule has 4 N–H and O–H groups in total. The molecule has 0 bridgehead atoms. The highest BCUT2D eigenvalue weighted by Crippen LogP contribution is 2.04. The van der Waals surface area contributed by atoms with Crippen molar-refractivity contribution >= 4 is 36.3 Å². The minimum atomic E-state index is 0. The van der Waals surface area contributed by atoms with Gasteiger partial charge in [0.2, 0.25) is 0 Å². The molecular formula is C4H8Cl2N4. The first-order valence-corrected chi connectivity index (χ1v) is 2.13. The minimum absolute atomic E-state index is 0. The van der Waals surface area contributed by atoms with Crippen LogP contribution in [0.5, 0.6) is 0 Å². The van der Waals surface area contributed by atoms with Crippen LogP contribution in [-0.4, -0.2) is 10.2 Å². The van der Waals surface area contributed by atoms with E-state index >= 15 is 0 Å². The summed E-state index contributed by atoms with van der Waals surface area (Å²) < 4.78 is 0. The molecule has 0 aliphatic heterocycles. The van der Waals surface area contributed by atoms with Gasteiger partial charge in [0.15, 0.2) is 5.82 Å². The number of nitrogen functional groups attached to an aromatic ring is 2. The molecule has 0 amide bonds. The highest BCUT2D eigenvalue weighted by Gasteiger charge is 1.88. The lowest BCUT2D eigenvalue weighted by molar-refractivity contribution is 1.05. The van der Waals surface area contributed by atoms with E-state index in [4.69, 9.17) is 11.5 Å². The molecule has 6 heteroatoms. The number of rotatable bonds is 0. The maximum Gasteiger partial charge on any atom is 0.169 e. The summed E-state index contributed by atoms with van der Waals surface area (Å²) in [6.45, 7) is 0. The monoisotopic (exact) mass is 182 g/mol. The Kier molecular flexibility index (Phi) is 6.09. The summed E-state index contributed by atoms with van der Waals surface area (Å²) in [6.07, 6.45) is 1.49. The SMILES string of the molecule is Cl.Cl.Nc1ccnnc1N. The van der Waals surface area contributed by atoms with Crippen LogP contribution >= 0.6 is 24.8 Å². The van der Waals surface area contributed by atoms with Crippen molar-refractivity contribution in [3.8, 4) is 0 Å². The molecule has 0 saturated carbocycles. The largest absolute Gasteiger partial charge is 0.396 e. The zero-order valence-electron chi connectivity index (χ0n) is 5.02. The number of nitrogens with two attached hydrogens (primary N) is 2. The molecule has 0 spiro atoms. The van der Waals surface area contributed by atoms with Gasteiger partial charge in [-0.3, -0.25) is 0 Å². The van der Waals surface area contributed by atoms with Gasteiger partial charge in [0, 0.05) is 0 Å². The van der Waals surface area contributed by atoms with Crippen LogP contribution in [0, 0.1) is 0 Å². The standard InChI is InChI=1S/C4H6N4.2ClH/c5-3-1-2-7-8-4(3)6;;/h1-2H,(H2,5,7)(H2,6,8);2*1H. The summed E-state index contributed by atoms with van der Waals surface area (Å²) in [7, 11) is 0. The Labute approximate surface area is 70.8 Å². The maximum atomic E-state index is 5.29. The van der Waals surface area contributed by atoms with Crippen molar-refractivity contribution in [3.05, 3.63) is 12.3 Å². The quantitative estimate of drug-likeness (QED) is 0.613. The molecule has 4 nitrogen and oxygen atoms in total. The fourth-order valence-corrected chi connectivity index (χ4v) is 0.352. The van der Waals surface area contributed by atoms with Crippen molar-refractivity contribution in [2.75, 3.05) is 11.5 Å². The first-order chi connectivity index (χ1) is 3.80. The van der Waals surface area contributed by atoms with Crippen LogP contribution in [0.3, 0.4) is 0 Å². The molecule has 0 radical (unpaired) electrons. The van der Waals surface area contributed by atoms with Crippen molar-refractivity contribution in [2.24, 2.45) is 0 Å². The van der Waals surface area contributed by atoms with Crippen LogP contribution in [0.1, 0.15) is 0 Å². The van der Waals surface area contributed by atoms with Crippen LogP contribution in [0.4, 0.5) is 11.5 Å². The molecule has 1 aromatic rings. The number of aromatic nitrogens is 2. The molecule has 0 aliphatic rings. The first-order valence-electron chi connectivity index (χ1n) is 2.13. The number of anilines is 2. The van der Waals surface area contributed by atoms with Gasteiger partial charge in [-0.2, -0.15) is 5.10 Å². The Morgan fingerprint density at radius 3 is 2.10 bits per heavy atom. The second kappa shape index (κ2) is 5.08. The molecule has 1 rings (SSSR count). The smallest absolute Gasteiger partial charge is 0.169 e. The van der Waals surface area contributed by atoms with Gasteiger partial charge < -0.3 is 11.5 Å². The lowest BCUT2D eigenvalue weighted by atomic mass is 10.5. The number of hydrogen-bond donors (Lipinski definition) is 2. The average Bonchev–Trinajstić information content (AvgIpc) is 1.77. The topological polar surface area (TPSA) is 77.8 Å². The van der Waals surface area contributed by atoms with Crippen LogP contribution in [0.25, 0.3) is 0 Å². The van der Waals surface area contributed by atoms with Gasteiger partial charge in [0.05, 0.1) is 11.9 Å². The molecule has 0 atom stereocenters. The van der Waals surface area contributed by atoms with Gasteiger partial charge >= 0.3 is 0 Å². The highest BCUT2D eigenvalue weighted by atomic mass is 35.5. The van der Waals surface area contributed by atoms with Crippen LogP contribution in [0.2, 0.25) is 0 Å². The van der Waals surface area contributed by atoms with E-state index in [-0.39, 0.29) is 30.6 Å². The summed E-state index contributed by atoms with van der Waals surface area (Å²) in [6, 6.07) is 1.60. The Morgan fingerprint density at radius 2 is 1.80 bits per heavy atom. The highest BCUT2D eigenvalue weighted by molar-refractivity contribution is 5.85. The van der Waals surface area contributed by atoms with Gasteiger partial charge in [-0.15, -0.1) is 29.9 Å². The summed E-state index contributed by atoms with van der Waals surface area (Å²) >= 11 is 0. The van der Waals surface area contributed by atoms with E-state index in [1.165, 1.54) is 6.20 Å². The van der Waals surface area contributed by atoms with E-state index in [0.717, 1.165) is 0 Å². The molecule has 58 valence electrons. The lowest BCUT2D eigenvalue weighted by Crippen LogP contribution is -1.97. The Morgan fingerprint density at radius 1 is 1.20 bits per heavy atom. The van der Waals surface area contributed by atoms with Gasteiger partial charge in [-0.05, 0) is 6.07 Å². The number of halogens is 2. The predicted octanol–water partition coefficient (Wildman–Crippen LogP) is 0.485. The van der Waals surface area contributed by atoms with Crippen LogP contribution < -0.4 is 11.5 Å². The third kappa shape index (κ3) is 2.70. The molecule has 0 unspecified atom stereocenters. The third-order valence-electron chi connectivity index (χ3n) is 0.782. The fraction of sp³-hybridized carbons (Fsp3) is 0. The van der Waals surface area contributed by atoms with Crippen molar-refractivity contribution in [2.45, 2.75) is 0 Å². The van der Waals surface area contributed by atoms with Crippen molar-refractivity contribution in [1.29, 1.82) is 0 Å². The summed E-state index contributed by atoms with van der Waals surface area (Å²) in [4.78, 5) is 0. The zero-order valence-corrected chi connectivity index (χ0v) is 6.65. The minimum Gasteiger partial charge on any atom is -0.396 e. The summed E-state index contributed by atoms with van der Waals surface area (Å²) in [5, 5.41) is 6.97. The number of hydrogen-bond acceptors (Lipinski definition) is 4. The van der Waals surface area contributed by atoms with E-state index < -0.39 is 0 Å². The van der Waals surface area contributed by atoms with Gasteiger partial charge in [-0.1, -0.05) is 0 Å². The molecular weight excluding hydrogens is 175 g/mol. The Hall–Kier alpha value is -0.740. The van der Waals surface area contributed by atoms with Gasteiger partial charge in [0.1, 0.15) is 0 Å². The van der Waals surface area contributed by atoms with Gasteiger partial charge in [-0.25, -0.2) is 0 Å². The van der Waals surface area contributed by atoms with Crippen molar-refractivity contribution in [1.82, 2.24) is 10.2 Å². The predicted molar refractivity (Wildman–Crippen MR) is 45.4 cm³/mol. The zero-order chi connectivity index (χ0) is 5.98. The van der Waals surface area contributed by atoms with E-state index in [0.29, 0.717) is 5.69 Å². The average molecular weight is 183 g/mol. The van der Waals surface area contributed by atoms with E-state index in [1.807, 2.05) is 0 Å². The van der Waals surface area contributed by atoms with E-state index in [2.05, 4.69) is 10.2 Å². The summed E-state index contributed by atoms with van der Waals surface area (Å²) in [5.41, 5.74) is 11.0. The molecule has 0 fully saturated rings. The molecule has 10 heavy (non-hydrogen) atoms. The lowest BCUT2D eigenvalue weighted by Gasteiger charge is -1.91. The molecule has 0 aliphatic carbocycles. The Balaban J connectivity index is 0. The van der Waals surface area contributed by atoms with Crippen molar-refractivity contribution in [3.63, 3.8) is 0 Å².